The summed E-state index contributed by atoms with van der Waals surface area (Å²) in [4.78, 5) is 9.43. The Hall–Kier alpha value is -0.980. The summed E-state index contributed by atoms with van der Waals surface area (Å²) in [7, 11) is 0. The Kier molecular flexibility index (Phi) is 4.09. The van der Waals surface area contributed by atoms with E-state index in [0.717, 1.165) is 20.2 Å². The SMILES string of the molecule is CC(O)c1ncc(CNc2ccc(Br)cn2)s1. The number of anilines is 1. The molecule has 4 nitrogen and oxygen atoms in total. The summed E-state index contributed by atoms with van der Waals surface area (Å²) >= 11 is 4.84. The third kappa shape index (κ3) is 3.49. The predicted octanol–water partition coefficient (Wildman–Crippen LogP) is 2.97. The number of nitrogens with zero attached hydrogens (tertiary/aromatic N) is 2. The molecule has 2 aromatic rings. The molecule has 0 saturated heterocycles. The van der Waals surface area contributed by atoms with E-state index < -0.39 is 6.10 Å². The highest BCUT2D eigenvalue weighted by molar-refractivity contribution is 9.10. The minimum Gasteiger partial charge on any atom is -0.386 e. The van der Waals surface area contributed by atoms with Crippen LogP contribution >= 0.6 is 27.3 Å². The van der Waals surface area contributed by atoms with Gasteiger partial charge in [0, 0.05) is 21.7 Å². The lowest BCUT2D eigenvalue weighted by atomic mass is 10.4. The van der Waals surface area contributed by atoms with Crippen LogP contribution in [0.1, 0.15) is 22.9 Å². The fraction of sp³-hybridized carbons (Fsp3) is 0.273. The molecule has 17 heavy (non-hydrogen) atoms. The number of nitrogens with one attached hydrogen (secondary N) is 1. The molecule has 2 N–H and O–H groups in total. The Labute approximate surface area is 112 Å². The number of halogens is 1. The summed E-state index contributed by atoms with van der Waals surface area (Å²) in [6.45, 7) is 2.38. The first-order chi connectivity index (χ1) is 8.15. The van der Waals surface area contributed by atoms with Crippen LogP contribution in [0, 0.1) is 0 Å². The number of pyridine rings is 1. The van der Waals surface area contributed by atoms with Crippen LogP contribution in [0.2, 0.25) is 0 Å². The van der Waals surface area contributed by atoms with Crippen LogP contribution < -0.4 is 5.32 Å². The van der Waals surface area contributed by atoms with Crippen molar-refractivity contribution in [3.8, 4) is 0 Å². The van der Waals surface area contributed by atoms with Gasteiger partial charge in [0.05, 0.1) is 6.54 Å². The Morgan fingerprint density at radius 3 is 2.82 bits per heavy atom. The third-order valence-electron chi connectivity index (χ3n) is 2.10. The molecule has 1 atom stereocenters. The van der Waals surface area contributed by atoms with E-state index in [1.807, 2.05) is 12.1 Å². The number of hydrogen-bond acceptors (Lipinski definition) is 5. The summed E-state index contributed by atoms with van der Waals surface area (Å²) in [6, 6.07) is 3.84. The van der Waals surface area contributed by atoms with E-state index in [1.54, 1.807) is 19.3 Å². The van der Waals surface area contributed by atoms with Crippen molar-refractivity contribution in [1.82, 2.24) is 9.97 Å². The predicted molar refractivity (Wildman–Crippen MR) is 72.0 cm³/mol. The van der Waals surface area contributed by atoms with Crippen molar-refractivity contribution in [3.63, 3.8) is 0 Å². The summed E-state index contributed by atoms with van der Waals surface area (Å²) in [5.41, 5.74) is 0. The first-order valence-electron chi connectivity index (χ1n) is 5.13. The minimum absolute atomic E-state index is 0.500. The fourth-order valence-electron chi connectivity index (χ4n) is 1.26. The molecule has 1 unspecified atom stereocenters. The highest BCUT2D eigenvalue weighted by Crippen LogP contribution is 2.20. The molecule has 0 aliphatic carbocycles. The van der Waals surface area contributed by atoms with Crippen molar-refractivity contribution in [3.05, 3.63) is 38.9 Å². The number of rotatable bonds is 4. The number of thiazole rings is 1. The second kappa shape index (κ2) is 5.57. The van der Waals surface area contributed by atoms with Gasteiger partial charge in [-0.3, -0.25) is 0 Å². The summed E-state index contributed by atoms with van der Waals surface area (Å²) < 4.78 is 0.956. The van der Waals surface area contributed by atoms with Gasteiger partial charge in [-0.25, -0.2) is 9.97 Å². The van der Waals surface area contributed by atoms with Gasteiger partial charge in [0.15, 0.2) is 0 Å². The molecule has 0 bridgehead atoms. The van der Waals surface area contributed by atoms with E-state index in [2.05, 4.69) is 31.2 Å². The fourth-order valence-corrected chi connectivity index (χ4v) is 2.28. The van der Waals surface area contributed by atoms with Gasteiger partial charge in [0.25, 0.3) is 0 Å². The molecule has 2 rings (SSSR count). The normalized spacial score (nSPS) is 12.4. The molecule has 0 aromatic carbocycles. The average Bonchev–Trinajstić information content (AvgIpc) is 2.77. The van der Waals surface area contributed by atoms with Crippen molar-refractivity contribution in [2.75, 3.05) is 5.32 Å². The maximum absolute atomic E-state index is 9.36. The Morgan fingerprint density at radius 2 is 2.24 bits per heavy atom. The summed E-state index contributed by atoms with van der Waals surface area (Å²) in [5, 5.41) is 13.3. The van der Waals surface area contributed by atoms with Crippen LogP contribution in [0.3, 0.4) is 0 Å². The maximum atomic E-state index is 9.36. The molecular weight excluding hydrogens is 302 g/mol. The molecule has 0 aliphatic rings. The van der Waals surface area contributed by atoms with E-state index in [1.165, 1.54) is 11.3 Å². The number of aromatic nitrogens is 2. The van der Waals surface area contributed by atoms with Crippen molar-refractivity contribution in [1.29, 1.82) is 0 Å². The topological polar surface area (TPSA) is 58.0 Å². The van der Waals surface area contributed by atoms with Crippen LogP contribution in [-0.4, -0.2) is 15.1 Å². The van der Waals surface area contributed by atoms with Gasteiger partial charge < -0.3 is 10.4 Å². The maximum Gasteiger partial charge on any atom is 0.126 e. The largest absolute Gasteiger partial charge is 0.386 e. The molecule has 0 saturated carbocycles. The monoisotopic (exact) mass is 313 g/mol. The smallest absolute Gasteiger partial charge is 0.126 e. The number of aliphatic hydroxyl groups is 1. The molecule has 2 aromatic heterocycles. The second-order valence-electron chi connectivity index (χ2n) is 3.56. The van der Waals surface area contributed by atoms with Crippen molar-refractivity contribution in [2.45, 2.75) is 19.6 Å². The van der Waals surface area contributed by atoms with Crippen molar-refractivity contribution >= 4 is 33.1 Å². The lowest BCUT2D eigenvalue weighted by Crippen LogP contribution is -1.98. The highest BCUT2D eigenvalue weighted by atomic mass is 79.9. The molecule has 0 amide bonds. The third-order valence-corrected chi connectivity index (χ3v) is 3.74. The molecule has 0 spiro atoms. The Balaban J connectivity index is 1.95. The summed E-state index contributed by atoms with van der Waals surface area (Å²) in [6.07, 6.45) is 3.02. The van der Waals surface area contributed by atoms with Crippen molar-refractivity contribution in [2.24, 2.45) is 0 Å². The van der Waals surface area contributed by atoms with E-state index in [9.17, 15) is 5.11 Å². The van der Waals surface area contributed by atoms with Gasteiger partial charge >= 0.3 is 0 Å². The molecule has 90 valence electrons. The highest BCUT2D eigenvalue weighted by Gasteiger charge is 2.06. The van der Waals surface area contributed by atoms with Gasteiger partial charge in [-0.1, -0.05) is 0 Å². The number of aliphatic hydroxyl groups excluding tert-OH is 1. The van der Waals surface area contributed by atoms with Crippen LogP contribution in [0.5, 0.6) is 0 Å². The van der Waals surface area contributed by atoms with Crippen LogP contribution in [0.15, 0.2) is 29.0 Å². The first kappa shape index (κ1) is 12.5. The van der Waals surface area contributed by atoms with Crippen LogP contribution in [0.4, 0.5) is 5.82 Å². The molecule has 0 fully saturated rings. The molecule has 2 heterocycles. The standard InChI is InChI=1S/C11H12BrN3OS/c1-7(16)11-15-6-9(17-11)5-14-10-3-2-8(12)4-13-10/h2-4,6-7,16H,5H2,1H3,(H,13,14). The van der Waals surface area contributed by atoms with E-state index in [0.29, 0.717) is 6.54 Å². The van der Waals surface area contributed by atoms with E-state index >= 15 is 0 Å². The van der Waals surface area contributed by atoms with Gasteiger partial charge in [-0.15, -0.1) is 11.3 Å². The molecule has 6 heteroatoms. The van der Waals surface area contributed by atoms with Gasteiger partial charge in [0.1, 0.15) is 16.9 Å². The summed E-state index contributed by atoms with van der Waals surface area (Å²) in [5.74, 6) is 0.820. The van der Waals surface area contributed by atoms with Crippen LogP contribution in [-0.2, 0) is 6.54 Å². The minimum atomic E-state index is -0.500. The van der Waals surface area contributed by atoms with Crippen LogP contribution in [0.25, 0.3) is 0 Å². The lowest BCUT2D eigenvalue weighted by molar-refractivity contribution is 0.199. The Bertz CT molecular complexity index is 484. The second-order valence-corrected chi connectivity index (χ2v) is 5.62. The Morgan fingerprint density at radius 1 is 1.41 bits per heavy atom. The van der Waals surface area contributed by atoms with Gasteiger partial charge in [-0.2, -0.15) is 0 Å². The zero-order chi connectivity index (χ0) is 12.3. The molecular formula is C11H12BrN3OS. The zero-order valence-corrected chi connectivity index (χ0v) is 11.6. The van der Waals surface area contributed by atoms with Gasteiger partial charge in [-0.05, 0) is 35.0 Å². The van der Waals surface area contributed by atoms with Crippen molar-refractivity contribution < 1.29 is 5.11 Å². The number of hydrogen-bond donors (Lipinski definition) is 2. The van der Waals surface area contributed by atoms with E-state index in [4.69, 9.17) is 0 Å². The quantitative estimate of drug-likeness (QED) is 0.911. The first-order valence-corrected chi connectivity index (χ1v) is 6.74. The molecule has 0 radical (unpaired) electrons. The molecule has 0 aliphatic heterocycles. The van der Waals surface area contributed by atoms with E-state index in [-0.39, 0.29) is 0 Å². The lowest BCUT2D eigenvalue weighted by Gasteiger charge is -2.02. The zero-order valence-electron chi connectivity index (χ0n) is 9.22. The van der Waals surface area contributed by atoms with Gasteiger partial charge in [0.2, 0.25) is 0 Å². The average molecular weight is 314 g/mol.